The number of hydrogen-bond acceptors (Lipinski definition) is 3. The van der Waals surface area contributed by atoms with Crippen LogP contribution >= 0.6 is 52.1 Å². The molecule has 3 rings (SSSR count). The minimum Gasteiger partial charge on any atom is -0.284 e. The number of rotatable bonds is 2. The van der Waals surface area contributed by atoms with Crippen LogP contribution in [0.1, 0.15) is 23.3 Å². The molecule has 2 nitrogen and oxygen atoms in total. The van der Waals surface area contributed by atoms with E-state index in [1.54, 1.807) is 17.5 Å². The van der Waals surface area contributed by atoms with Crippen molar-refractivity contribution in [2.45, 2.75) is 12.8 Å². The summed E-state index contributed by atoms with van der Waals surface area (Å²) in [5, 5.41) is 0. The number of pyridine rings is 1. The Hall–Kier alpha value is -0.680. The summed E-state index contributed by atoms with van der Waals surface area (Å²) in [5.74, 6) is 0. The first kappa shape index (κ1) is 18.4. The van der Waals surface area contributed by atoms with E-state index in [0.717, 1.165) is 34.4 Å². The Morgan fingerprint density at radius 1 is 1.19 bits per heavy atom. The highest BCUT2D eigenvalue weighted by atomic mass is 79.9. The van der Waals surface area contributed by atoms with Crippen LogP contribution in [0.25, 0.3) is 6.08 Å². The number of allylic oxidation sites excluding steroid dienone is 1. The zero-order chi connectivity index (χ0) is 13.1. The van der Waals surface area contributed by atoms with Crippen molar-refractivity contribution in [2.24, 2.45) is 4.99 Å². The van der Waals surface area contributed by atoms with Crippen LogP contribution in [-0.4, -0.2) is 17.2 Å². The van der Waals surface area contributed by atoms with Crippen LogP contribution in [0.15, 0.2) is 51.0 Å². The van der Waals surface area contributed by atoms with Crippen LogP contribution in [0.2, 0.25) is 0 Å². The summed E-state index contributed by atoms with van der Waals surface area (Å²) in [4.78, 5) is 10.1. The fourth-order valence-electron chi connectivity index (χ4n) is 2.18. The molecular weight excluding hydrogens is 391 g/mol. The summed E-state index contributed by atoms with van der Waals surface area (Å²) in [6, 6.07) is 8.26. The molecule has 1 aliphatic heterocycles. The quantitative estimate of drug-likeness (QED) is 0.655. The second-order valence-corrected chi connectivity index (χ2v) is 6.88. The Morgan fingerprint density at radius 2 is 2.05 bits per heavy atom. The first-order chi connectivity index (χ1) is 9.33. The molecular formula is C15H15BrCl2N2S. The molecule has 3 heterocycles. The van der Waals surface area contributed by atoms with E-state index in [2.05, 4.69) is 50.2 Å². The monoisotopic (exact) mass is 404 g/mol. The predicted octanol–water partition coefficient (Wildman–Crippen LogP) is 5.42. The van der Waals surface area contributed by atoms with Crippen molar-refractivity contribution in [3.05, 3.63) is 56.5 Å². The Bertz CT molecular complexity index is 638. The molecule has 0 bridgehead atoms. The van der Waals surface area contributed by atoms with Gasteiger partial charge in [0.05, 0.1) is 9.50 Å². The van der Waals surface area contributed by atoms with Gasteiger partial charge in [0.25, 0.3) is 0 Å². The zero-order valence-corrected chi connectivity index (χ0v) is 15.2. The first-order valence-electron chi connectivity index (χ1n) is 6.24. The maximum atomic E-state index is 4.69. The Morgan fingerprint density at radius 3 is 2.71 bits per heavy atom. The molecule has 0 N–H and O–H groups in total. The highest BCUT2D eigenvalue weighted by Gasteiger charge is 2.14. The second-order valence-electron chi connectivity index (χ2n) is 4.39. The first-order valence-corrected chi connectivity index (χ1v) is 7.85. The van der Waals surface area contributed by atoms with Gasteiger partial charge in [-0.3, -0.25) is 9.98 Å². The van der Waals surface area contributed by atoms with Crippen molar-refractivity contribution in [3.63, 3.8) is 0 Å². The SMILES string of the molecule is Brc1ccc(C=C2CCCN=C2c2cccnc2)s1.Cl.Cl. The minimum absolute atomic E-state index is 0. The molecule has 0 aliphatic carbocycles. The molecule has 0 fully saturated rings. The number of aliphatic imine (C=N–C) groups is 1. The van der Waals surface area contributed by atoms with Crippen molar-refractivity contribution in [1.82, 2.24) is 4.98 Å². The number of hydrogen-bond donors (Lipinski definition) is 0. The van der Waals surface area contributed by atoms with E-state index in [9.17, 15) is 0 Å². The molecule has 0 spiro atoms. The molecule has 0 saturated carbocycles. The van der Waals surface area contributed by atoms with Crippen molar-refractivity contribution in [1.29, 1.82) is 0 Å². The van der Waals surface area contributed by atoms with Gasteiger partial charge in [-0.1, -0.05) is 0 Å². The molecule has 2 aromatic rings. The van der Waals surface area contributed by atoms with Gasteiger partial charge in [0, 0.05) is 29.4 Å². The summed E-state index contributed by atoms with van der Waals surface area (Å²) >= 11 is 5.25. The van der Waals surface area contributed by atoms with Crippen LogP contribution < -0.4 is 0 Å². The van der Waals surface area contributed by atoms with Crippen LogP contribution in [0.3, 0.4) is 0 Å². The normalized spacial score (nSPS) is 15.9. The predicted molar refractivity (Wildman–Crippen MR) is 99.4 cm³/mol. The average Bonchev–Trinajstić information content (AvgIpc) is 2.86. The third-order valence-electron chi connectivity index (χ3n) is 3.02. The molecule has 0 unspecified atom stereocenters. The van der Waals surface area contributed by atoms with Gasteiger partial charge >= 0.3 is 0 Å². The zero-order valence-electron chi connectivity index (χ0n) is 11.2. The summed E-state index contributed by atoms with van der Waals surface area (Å²) in [6.45, 7) is 0.912. The average molecular weight is 406 g/mol. The van der Waals surface area contributed by atoms with Crippen molar-refractivity contribution in [2.75, 3.05) is 6.54 Å². The Balaban J connectivity index is 0.00000110. The maximum absolute atomic E-state index is 4.69. The van der Waals surface area contributed by atoms with Crippen molar-refractivity contribution < 1.29 is 0 Å². The molecule has 2 aromatic heterocycles. The van der Waals surface area contributed by atoms with Crippen LogP contribution in [0.4, 0.5) is 0 Å². The van der Waals surface area contributed by atoms with E-state index in [1.165, 1.54) is 10.5 Å². The molecule has 0 aromatic carbocycles. The third-order valence-corrected chi connectivity index (χ3v) is 4.59. The summed E-state index contributed by atoms with van der Waals surface area (Å²) < 4.78 is 1.16. The molecule has 0 amide bonds. The van der Waals surface area contributed by atoms with E-state index < -0.39 is 0 Å². The lowest BCUT2D eigenvalue weighted by Crippen LogP contribution is -2.11. The number of halogens is 3. The minimum atomic E-state index is 0. The molecule has 112 valence electrons. The Kier molecular flexibility index (Phi) is 7.60. The molecule has 0 atom stereocenters. The van der Waals surface area contributed by atoms with Gasteiger partial charge in [0.15, 0.2) is 0 Å². The largest absolute Gasteiger partial charge is 0.284 e. The molecule has 21 heavy (non-hydrogen) atoms. The van der Waals surface area contributed by atoms with Crippen LogP contribution in [0.5, 0.6) is 0 Å². The van der Waals surface area contributed by atoms with E-state index in [-0.39, 0.29) is 24.8 Å². The molecule has 6 heteroatoms. The Labute approximate surface area is 149 Å². The van der Waals surface area contributed by atoms with Crippen LogP contribution in [-0.2, 0) is 0 Å². The maximum Gasteiger partial charge on any atom is 0.0704 e. The van der Waals surface area contributed by atoms with Crippen LogP contribution in [0, 0.1) is 0 Å². The van der Waals surface area contributed by atoms with E-state index in [0.29, 0.717) is 0 Å². The summed E-state index contributed by atoms with van der Waals surface area (Å²) in [5.41, 5.74) is 3.53. The van der Waals surface area contributed by atoms with Gasteiger partial charge in [-0.25, -0.2) is 0 Å². The van der Waals surface area contributed by atoms with Gasteiger partial charge in [0.1, 0.15) is 0 Å². The lowest BCUT2D eigenvalue weighted by Gasteiger charge is -2.15. The van der Waals surface area contributed by atoms with Gasteiger partial charge in [-0.2, -0.15) is 0 Å². The van der Waals surface area contributed by atoms with Gasteiger partial charge in [-0.15, -0.1) is 36.2 Å². The van der Waals surface area contributed by atoms with Gasteiger partial charge < -0.3 is 0 Å². The molecule has 1 aliphatic rings. The fourth-order valence-corrected chi connectivity index (χ4v) is 3.57. The lowest BCUT2D eigenvalue weighted by atomic mass is 9.96. The standard InChI is InChI=1S/C15H13BrN2S.2ClH/c16-14-6-5-13(19-14)9-11-3-2-8-18-15(11)12-4-1-7-17-10-12;;/h1,4-7,9-10H,2-3,8H2;2*1H. The lowest BCUT2D eigenvalue weighted by molar-refractivity contribution is 0.818. The van der Waals surface area contributed by atoms with Gasteiger partial charge in [0.2, 0.25) is 0 Å². The van der Waals surface area contributed by atoms with Gasteiger partial charge in [-0.05, 0) is 64.7 Å². The smallest absolute Gasteiger partial charge is 0.0704 e. The third kappa shape index (κ3) is 4.65. The van der Waals surface area contributed by atoms with Crippen molar-refractivity contribution in [3.8, 4) is 0 Å². The number of aromatic nitrogens is 1. The van der Waals surface area contributed by atoms with E-state index >= 15 is 0 Å². The summed E-state index contributed by atoms with van der Waals surface area (Å²) in [6.07, 6.45) is 8.15. The van der Waals surface area contributed by atoms with E-state index in [4.69, 9.17) is 0 Å². The highest BCUT2D eigenvalue weighted by Crippen LogP contribution is 2.27. The number of nitrogens with zero attached hydrogens (tertiary/aromatic N) is 2. The molecule has 0 saturated heterocycles. The summed E-state index contributed by atoms with van der Waals surface area (Å²) in [7, 11) is 0. The number of thiophene rings is 1. The molecule has 0 radical (unpaired) electrons. The van der Waals surface area contributed by atoms with E-state index in [1.807, 2.05) is 12.3 Å². The second kappa shape index (κ2) is 8.69. The highest BCUT2D eigenvalue weighted by molar-refractivity contribution is 9.11. The fraction of sp³-hybridized carbons (Fsp3) is 0.200. The topological polar surface area (TPSA) is 25.2 Å². The van der Waals surface area contributed by atoms with Crippen molar-refractivity contribution >= 4 is 63.9 Å².